The van der Waals surface area contributed by atoms with Gasteiger partial charge in [0, 0.05) is 12.6 Å². The maximum Gasteiger partial charge on any atom is 0.0922 e. The van der Waals surface area contributed by atoms with Crippen LogP contribution in [0.2, 0.25) is 0 Å². The van der Waals surface area contributed by atoms with Gasteiger partial charge in [-0.3, -0.25) is 0 Å². The zero-order valence-corrected chi connectivity index (χ0v) is 8.27. The molecule has 1 atom stereocenters. The van der Waals surface area contributed by atoms with Crippen molar-refractivity contribution in [1.29, 1.82) is 0 Å². The first-order valence-corrected chi connectivity index (χ1v) is 5.08. The molecule has 0 amide bonds. The summed E-state index contributed by atoms with van der Waals surface area (Å²) >= 11 is 1.61. The van der Waals surface area contributed by atoms with Crippen LogP contribution in [0.15, 0.2) is 16.8 Å². The fourth-order valence-electron chi connectivity index (χ4n) is 0.930. The smallest absolute Gasteiger partial charge is 0.0922 e. The molecule has 1 unspecified atom stereocenters. The SMILES string of the molecule is CC(C)NCC(O)c1ccsc1. The number of rotatable bonds is 4. The summed E-state index contributed by atoms with van der Waals surface area (Å²) in [6.07, 6.45) is -0.362. The lowest BCUT2D eigenvalue weighted by molar-refractivity contribution is 0.172. The van der Waals surface area contributed by atoms with E-state index in [1.807, 2.05) is 16.8 Å². The Kier molecular flexibility index (Phi) is 3.72. The first-order chi connectivity index (χ1) is 5.70. The maximum atomic E-state index is 9.60. The van der Waals surface area contributed by atoms with Gasteiger partial charge in [0.05, 0.1) is 6.10 Å². The molecule has 0 aliphatic carbocycles. The maximum absolute atomic E-state index is 9.60. The third-order valence-electron chi connectivity index (χ3n) is 1.65. The largest absolute Gasteiger partial charge is 0.387 e. The standard InChI is InChI=1S/C9H15NOS/c1-7(2)10-5-9(11)8-3-4-12-6-8/h3-4,6-7,9-11H,5H2,1-2H3. The molecule has 0 aliphatic heterocycles. The van der Waals surface area contributed by atoms with Crippen LogP contribution in [0.3, 0.4) is 0 Å². The van der Waals surface area contributed by atoms with Gasteiger partial charge in [0.25, 0.3) is 0 Å². The van der Waals surface area contributed by atoms with E-state index in [2.05, 4.69) is 19.2 Å². The van der Waals surface area contributed by atoms with Crippen LogP contribution in [-0.4, -0.2) is 17.7 Å². The van der Waals surface area contributed by atoms with Gasteiger partial charge in [-0.1, -0.05) is 13.8 Å². The molecule has 3 heteroatoms. The van der Waals surface area contributed by atoms with Crippen LogP contribution in [0, 0.1) is 0 Å². The van der Waals surface area contributed by atoms with Gasteiger partial charge >= 0.3 is 0 Å². The molecule has 1 aromatic rings. The Hall–Kier alpha value is -0.380. The fourth-order valence-corrected chi connectivity index (χ4v) is 1.64. The fraction of sp³-hybridized carbons (Fsp3) is 0.556. The average Bonchev–Trinajstić information content (AvgIpc) is 2.51. The van der Waals surface area contributed by atoms with Crippen molar-refractivity contribution >= 4 is 11.3 Å². The molecule has 0 saturated heterocycles. The predicted molar refractivity (Wildman–Crippen MR) is 52.4 cm³/mol. The van der Waals surface area contributed by atoms with Gasteiger partial charge in [0.15, 0.2) is 0 Å². The minimum atomic E-state index is -0.362. The van der Waals surface area contributed by atoms with Gasteiger partial charge in [-0.2, -0.15) is 11.3 Å². The second-order valence-corrected chi connectivity index (χ2v) is 3.92. The summed E-state index contributed by atoms with van der Waals surface area (Å²) in [6, 6.07) is 2.38. The topological polar surface area (TPSA) is 32.3 Å². The molecule has 1 aromatic heterocycles. The number of thiophene rings is 1. The highest BCUT2D eigenvalue weighted by Gasteiger charge is 2.07. The molecule has 0 saturated carbocycles. The van der Waals surface area contributed by atoms with Gasteiger partial charge in [-0.15, -0.1) is 0 Å². The third-order valence-corrected chi connectivity index (χ3v) is 2.35. The van der Waals surface area contributed by atoms with Crippen LogP contribution in [0.5, 0.6) is 0 Å². The van der Waals surface area contributed by atoms with Gasteiger partial charge in [-0.25, -0.2) is 0 Å². The minimum absolute atomic E-state index is 0.362. The second kappa shape index (κ2) is 4.60. The van der Waals surface area contributed by atoms with E-state index in [9.17, 15) is 5.11 Å². The molecule has 0 aromatic carbocycles. The normalized spacial score (nSPS) is 13.7. The van der Waals surface area contributed by atoms with Crippen molar-refractivity contribution in [2.75, 3.05) is 6.54 Å². The number of aliphatic hydroxyl groups excluding tert-OH is 1. The van der Waals surface area contributed by atoms with Gasteiger partial charge in [0.2, 0.25) is 0 Å². The van der Waals surface area contributed by atoms with Crippen molar-refractivity contribution in [2.45, 2.75) is 26.0 Å². The van der Waals surface area contributed by atoms with Crippen LogP contribution < -0.4 is 5.32 Å². The van der Waals surface area contributed by atoms with Crippen molar-refractivity contribution in [1.82, 2.24) is 5.32 Å². The zero-order chi connectivity index (χ0) is 8.97. The highest BCUT2D eigenvalue weighted by molar-refractivity contribution is 7.07. The van der Waals surface area contributed by atoms with E-state index in [4.69, 9.17) is 0 Å². The Balaban J connectivity index is 2.34. The van der Waals surface area contributed by atoms with E-state index in [1.165, 1.54) is 0 Å². The van der Waals surface area contributed by atoms with Gasteiger partial charge < -0.3 is 10.4 Å². The number of nitrogens with one attached hydrogen (secondary N) is 1. The van der Waals surface area contributed by atoms with Crippen LogP contribution in [0.1, 0.15) is 25.5 Å². The van der Waals surface area contributed by atoms with Crippen molar-refractivity contribution in [3.05, 3.63) is 22.4 Å². The molecule has 0 spiro atoms. The Labute approximate surface area is 77.2 Å². The molecule has 0 radical (unpaired) electrons. The molecule has 68 valence electrons. The summed E-state index contributed by atoms with van der Waals surface area (Å²) in [4.78, 5) is 0. The monoisotopic (exact) mass is 185 g/mol. The molecular formula is C9H15NOS. The Morgan fingerprint density at radius 1 is 1.58 bits per heavy atom. The van der Waals surface area contributed by atoms with Crippen molar-refractivity contribution < 1.29 is 5.11 Å². The van der Waals surface area contributed by atoms with Crippen LogP contribution in [-0.2, 0) is 0 Å². The number of hydrogen-bond acceptors (Lipinski definition) is 3. The zero-order valence-electron chi connectivity index (χ0n) is 7.45. The van der Waals surface area contributed by atoms with E-state index in [0.717, 1.165) is 5.56 Å². The van der Waals surface area contributed by atoms with Crippen molar-refractivity contribution in [3.8, 4) is 0 Å². The van der Waals surface area contributed by atoms with E-state index in [0.29, 0.717) is 12.6 Å². The van der Waals surface area contributed by atoms with Gasteiger partial charge in [0.1, 0.15) is 0 Å². The molecule has 12 heavy (non-hydrogen) atoms. The summed E-state index contributed by atoms with van der Waals surface area (Å²) < 4.78 is 0. The lowest BCUT2D eigenvalue weighted by atomic mass is 10.2. The average molecular weight is 185 g/mol. The summed E-state index contributed by atoms with van der Waals surface area (Å²) in [5.74, 6) is 0. The molecule has 2 N–H and O–H groups in total. The summed E-state index contributed by atoms with van der Waals surface area (Å²) in [5, 5.41) is 16.7. The Bertz CT molecular complexity index is 208. The van der Waals surface area contributed by atoms with Crippen LogP contribution in [0.4, 0.5) is 0 Å². The summed E-state index contributed by atoms with van der Waals surface area (Å²) in [5.41, 5.74) is 1.01. The summed E-state index contributed by atoms with van der Waals surface area (Å²) in [6.45, 7) is 4.77. The Morgan fingerprint density at radius 2 is 2.33 bits per heavy atom. The van der Waals surface area contributed by atoms with Crippen molar-refractivity contribution in [2.24, 2.45) is 0 Å². The lowest BCUT2D eigenvalue weighted by Gasteiger charge is -2.12. The molecule has 0 fully saturated rings. The first kappa shape index (κ1) is 9.71. The van der Waals surface area contributed by atoms with Crippen molar-refractivity contribution in [3.63, 3.8) is 0 Å². The second-order valence-electron chi connectivity index (χ2n) is 3.14. The highest BCUT2D eigenvalue weighted by atomic mass is 32.1. The molecule has 1 rings (SSSR count). The van der Waals surface area contributed by atoms with E-state index in [1.54, 1.807) is 11.3 Å². The van der Waals surface area contributed by atoms with Gasteiger partial charge in [-0.05, 0) is 22.4 Å². The lowest BCUT2D eigenvalue weighted by Crippen LogP contribution is -2.27. The van der Waals surface area contributed by atoms with Crippen LogP contribution >= 0.6 is 11.3 Å². The summed E-state index contributed by atoms with van der Waals surface area (Å²) in [7, 11) is 0. The molecule has 0 bridgehead atoms. The highest BCUT2D eigenvalue weighted by Crippen LogP contribution is 2.14. The first-order valence-electron chi connectivity index (χ1n) is 4.13. The molecule has 0 aliphatic rings. The minimum Gasteiger partial charge on any atom is -0.387 e. The van der Waals surface area contributed by atoms with E-state index >= 15 is 0 Å². The number of aliphatic hydroxyl groups is 1. The molecule has 2 nitrogen and oxygen atoms in total. The predicted octanol–water partition coefficient (Wildman–Crippen LogP) is 1.78. The van der Waals surface area contributed by atoms with E-state index < -0.39 is 0 Å². The molecular weight excluding hydrogens is 170 g/mol. The third kappa shape index (κ3) is 2.93. The van der Waals surface area contributed by atoms with Crippen LogP contribution in [0.25, 0.3) is 0 Å². The van der Waals surface area contributed by atoms with E-state index in [-0.39, 0.29) is 6.10 Å². The number of hydrogen-bond donors (Lipinski definition) is 2. The molecule has 1 heterocycles. The Morgan fingerprint density at radius 3 is 2.83 bits per heavy atom. The quantitative estimate of drug-likeness (QED) is 0.749.